The maximum Gasteiger partial charge on any atom is 0.254 e. The monoisotopic (exact) mass is 294 g/mol. The first-order chi connectivity index (χ1) is 10.0. The van der Waals surface area contributed by atoms with E-state index in [4.69, 9.17) is 9.84 Å². The number of aliphatic hydroxyl groups excluding tert-OH is 1. The Morgan fingerprint density at radius 3 is 2.62 bits per heavy atom. The Balaban J connectivity index is 2.39. The summed E-state index contributed by atoms with van der Waals surface area (Å²) in [6.45, 7) is 6.62. The van der Waals surface area contributed by atoms with Crippen molar-refractivity contribution in [3.05, 3.63) is 27.4 Å². The molecule has 0 bridgehead atoms. The molecular weight excluding hydrogens is 268 g/mol. The Morgan fingerprint density at radius 1 is 1.43 bits per heavy atom. The molecule has 1 fully saturated rings. The number of ether oxygens (including phenoxy) is 1. The normalized spacial score (nSPS) is 26.0. The van der Waals surface area contributed by atoms with Crippen LogP contribution in [0.5, 0.6) is 0 Å². The van der Waals surface area contributed by atoms with E-state index in [1.807, 2.05) is 13.8 Å². The minimum Gasteiger partial charge on any atom is -0.396 e. The van der Waals surface area contributed by atoms with Gasteiger partial charge in [0.15, 0.2) is 0 Å². The molecule has 0 spiro atoms. The van der Waals surface area contributed by atoms with Gasteiger partial charge in [-0.15, -0.1) is 0 Å². The standard InChI is InChI=1S/C16H26N2O3/c1-4-21-16(8-5-11(2)6-9-16)15-17-12(3)13(7-10-19)14(20)18-15/h11,19H,4-10H2,1-3H3,(H,17,18,20). The van der Waals surface area contributed by atoms with Gasteiger partial charge in [0.25, 0.3) is 5.56 Å². The lowest BCUT2D eigenvalue weighted by Crippen LogP contribution is -2.38. The van der Waals surface area contributed by atoms with Crippen molar-refractivity contribution in [2.24, 2.45) is 5.92 Å². The lowest BCUT2D eigenvalue weighted by atomic mass is 9.78. The van der Waals surface area contributed by atoms with E-state index >= 15 is 0 Å². The molecule has 1 heterocycles. The Kier molecular flexibility index (Phi) is 5.17. The molecule has 0 aliphatic heterocycles. The van der Waals surface area contributed by atoms with Crippen LogP contribution in [0.15, 0.2) is 4.79 Å². The maximum absolute atomic E-state index is 12.2. The number of nitrogens with zero attached hydrogens (tertiary/aromatic N) is 1. The van der Waals surface area contributed by atoms with Gasteiger partial charge in [0.05, 0.1) is 0 Å². The molecular formula is C16H26N2O3. The van der Waals surface area contributed by atoms with E-state index < -0.39 is 5.60 Å². The summed E-state index contributed by atoms with van der Waals surface area (Å²) in [5.74, 6) is 1.35. The van der Waals surface area contributed by atoms with Gasteiger partial charge in [0.2, 0.25) is 0 Å². The number of aromatic nitrogens is 2. The zero-order valence-electron chi connectivity index (χ0n) is 13.2. The van der Waals surface area contributed by atoms with Crippen molar-refractivity contribution in [2.75, 3.05) is 13.2 Å². The fourth-order valence-electron chi connectivity index (χ4n) is 3.19. The lowest BCUT2D eigenvalue weighted by Gasteiger charge is -2.38. The summed E-state index contributed by atoms with van der Waals surface area (Å²) < 4.78 is 6.03. The van der Waals surface area contributed by atoms with Crippen molar-refractivity contribution in [3.8, 4) is 0 Å². The second kappa shape index (κ2) is 6.71. The van der Waals surface area contributed by atoms with Crippen molar-refractivity contribution >= 4 is 0 Å². The van der Waals surface area contributed by atoms with Gasteiger partial charge in [-0.05, 0) is 45.4 Å². The van der Waals surface area contributed by atoms with Gasteiger partial charge in [-0.2, -0.15) is 0 Å². The maximum atomic E-state index is 12.2. The third kappa shape index (κ3) is 3.35. The largest absolute Gasteiger partial charge is 0.396 e. The minimum atomic E-state index is -0.455. The van der Waals surface area contributed by atoms with E-state index in [0.29, 0.717) is 36.0 Å². The van der Waals surface area contributed by atoms with Crippen LogP contribution in [0.2, 0.25) is 0 Å². The highest BCUT2D eigenvalue weighted by Gasteiger charge is 2.39. The Morgan fingerprint density at radius 2 is 2.10 bits per heavy atom. The molecule has 118 valence electrons. The van der Waals surface area contributed by atoms with Crippen LogP contribution in [0.25, 0.3) is 0 Å². The number of aryl methyl sites for hydroxylation is 1. The molecule has 2 N–H and O–H groups in total. The molecule has 21 heavy (non-hydrogen) atoms. The minimum absolute atomic E-state index is 0.0426. The Labute approximate surface area is 125 Å². The molecule has 0 aromatic carbocycles. The molecule has 2 rings (SSSR count). The van der Waals surface area contributed by atoms with Crippen LogP contribution in [0.1, 0.15) is 56.6 Å². The average molecular weight is 294 g/mol. The molecule has 1 aromatic rings. The predicted octanol–water partition coefficient (Wildman–Crippen LogP) is 2.06. The molecule has 1 aromatic heterocycles. The smallest absolute Gasteiger partial charge is 0.254 e. The quantitative estimate of drug-likeness (QED) is 0.871. The summed E-state index contributed by atoms with van der Waals surface area (Å²) in [4.78, 5) is 19.8. The fraction of sp³-hybridized carbons (Fsp3) is 0.750. The number of rotatable bonds is 5. The highest BCUT2D eigenvalue weighted by Crippen LogP contribution is 2.40. The molecule has 0 atom stereocenters. The van der Waals surface area contributed by atoms with E-state index in [9.17, 15) is 4.79 Å². The number of nitrogens with one attached hydrogen (secondary N) is 1. The van der Waals surface area contributed by atoms with Gasteiger partial charge in [-0.25, -0.2) is 4.98 Å². The van der Waals surface area contributed by atoms with Crippen molar-refractivity contribution in [1.29, 1.82) is 0 Å². The van der Waals surface area contributed by atoms with Crippen LogP contribution in [0, 0.1) is 12.8 Å². The number of aromatic amines is 1. The Bertz CT molecular complexity index is 531. The molecule has 1 saturated carbocycles. The van der Waals surface area contributed by atoms with Crippen molar-refractivity contribution in [1.82, 2.24) is 9.97 Å². The van der Waals surface area contributed by atoms with Crippen LogP contribution in [-0.2, 0) is 16.8 Å². The lowest BCUT2D eigenvalue weighted by molar-refractivity contribution is -0.0839. The first kappa shape index (κ1) is 16.2. The summed E-state index contributed by atoms with van der Waals surface area (Å²) in [7, 11) is 0. The third-order valence-electron chi connectivity index (χ3n) is 4.52. The molecule has 0 unspecified atom stereocenters. The molecule has 0 radical (unpaired) electrons. The second-order valence-electron chi connectivity index (χ2n) is 6.06. The van der Waals surface area contributed by atoms with E-state index in [1.165, 1.54) is 0 Å². The molecule has 0 amide bonds. The van der Waals surface area contributed by atoms with Gasteiger partial charge >= 0.3 is 0 Å². The summed E-state index contributed by atoms with van der Waals surface area (Å²) in [5.41, 5.74) is 0.657. The number of aliphatic hydroxyl groups is 1. The van der Waals surface area contributed by atoms with Crippen molar-refractivity contribution in [2.45, 2.75) is 58.5 Å². The van der Waals surface area contributed by atoms with Crippen LogP contribution in [0.4, 0.5) is 0 Å². The van der Waals surface area contributed by atoms with Crippen molar-refractivity contribution < 1.29 is 9.84 Å². The predicted molar refractivity (Wildman–Crippen MR) is 81.3 cm³/mol. The van der Waals surface area contributed by atoms with Crippen molar-refractivity contribution in [3.63, 3.8) is 0 Å². The third-order valence-corrected chi connectivity index (χ3v) is 4.52. The number of H-pyrrole nitrogens is 1. The average Bonchev–Trinajstić information content (AvgIpc) is 2.45. The fourth-order valence-corrected chi connectivity index (χ4v) is 3.19. The highest BCUT2D eigenvalue weighted by atomic mass is 16.5. The van der Waals surface area contributed by atoms with Gasteiger partial charge in [0.1, 0.15) is 11.4 Å². The van der Waals surface area contributed by atoms with Gasteiger partial charge in [-0.3, -0.25) is 4.79 Å². The van der Waals surface area contributed by atoms with Crippen LogP contribution in [0.3, 0.4) is 0 Å². The molecule has 1 aliphatic carbocycles. The first-order valence-electron chi connectivity index (χ1n) is 7.87. The zero-order chi connectivity index (χ0) is 15.5. The van der Waals surface area contributed by atoms with E-state index in [-0.39, 0.29) is 12.2 Å². The molecule has 5 heteroatoms. The summed E-state index contributed by atoms with van der Waals surface area (Å²) in [6.07, 6.45) is 4.29. The summed E-state index contributed by atoms with van der Waals surface area (Å²) in [6, 6.07) is 0. The first-order valence-corrected chi connectivity index (χ1v) is 7.87. The van der Waals surface area contributed by atoms with Crippen LogP contribution < -0.4 is 5.56 Å². The topological polar surface area (TPSA) is 75.2 Å². The second-order valence-corrected chi connectivity index (χ2v) is 6.06. The highest BCUT2D eigenvalue weighted by molar-refractivity contribution is 5.19. The number of hydrogen-bond acceptors (Lipinski definition) is 4. The van der Waals surface area contributed by atoms with E-state index in [2.05, 4.69) is 16.9 Å². The molecule has 5 nitrogen and oxygen atoms in total. The van der Waals surface area contributed by atoms with E-state index in [0.717, 1.165) is 25.7 Å². The number of hydrogen-bond donors (Lipinski definition) is 2. The summed E-state index contributed by atoms with van der Waals surface area (Å²) >= 11 is 0. The SMILES string of the molecule is CCOC1(c2nc(C)c(CCO)c(=O)[nH]2)CCC(C)CC1. The van der Waals surface area contributed by atoms with Crippen LogP contribution in [-0.4, -0.2) is 28.3 Å². The van der Waals surface area contributed by atoms with Crippen LogP contribution >= 0.6 is 0 Å². The zero-order valence-corrected chi connectivity index (χ0v) is 13.2. The van der Waals surface area contributed by atoms with Gasteiger partial charge < -0.3 is 14.8 Å². The van der Waals surface area contributed by atoms with E-state index in [1.54, 1.807) is 0 Å². The Hall–Kier alpha value is -1.20. The summed E-state index contributed by atoms with van der Waals surface area (Å²) in [5, 5.41) is 9.05. The van der Waals surface area contributed by atoms with Gasteiger partial charge in [0, 0.05) is 30.9 Å². The molecule has 1 aliphatic rings. The van der Waals surface area contributed by atoms with Gasteiger partial charge in [-0.1, -0.05) is 6.92 Å². The molecule has 0 saturated heterocycles.